The maximum absolute atomic E-state index is 4.90. The quantitative estimate of drug-likeness (QED) is 0.272. The zero-order valence-electron chi connectivity index (χ0n) is 19.8. The number of nitrogens with one attached hydrogen (secondary N) is 2. The van der Waals surface area contributed by atoms with Crippen LogP contribution in [0.25, 0.3) is 27.8 Å². The third-order valence-corrected chi connectivity index (χ3v) is 7.56. The van der Waals surface area contributed by atoms with Crippen LogP contribution in [0.4, 0.5) is 5.82 Å². The molecule has 1 atom stereocenters. The van der Waals surface area contributed by atoms with Crippen molar-refractivity contribution >= 4 is 38.3 Å². The summed E-state index contributed by atoms with van der Waals surface area (Å²) >= 11 is 3.62. The van der Waals surface area contributed by atoms with E-state index in [0.717, 1.165) is 53.4 Å². The van der Waals surface area contributed by atoms with Crippen molar-refractivity contribution in [2.24, 2.45) is 5.92 Å². The van der Waals surface area contributed by atoms with Gasteiger partial charge in [0.2, 0.25) is 0 Å². The number of anilines is 1. The van der Waals surface area contributed by atoms with Gasteiger partial charge in [0.15, 0.2) is 5.65 Å². The Hall–Kier alpha value is -3.16. The average molecular weight is 529 g/mol. The number of H-pyrrole nitrogens is 1. The number of halogens is 1. The van der Waals surface area contributed by atoms with Crippen LogP contribution in [0.5, 0.6) is 0 Å². The number of aromatic amines is 1. The van der Waals surface area contributed by atoms with Crippen molar-refractivity contribution in [2.75, 3.05) is 25.0 Å². The maximum atomic E-state index is 4.90. The largest absolute Gasteiger partial charge is 0.370 e. The molecular formula is C28H29BrN6. The molecule has 6 rings (SSSR count). The van der Waals surface area contributed by atoms with Gasteiger partial charge in [-0.2, -0.15) is 9.61 Å². The van der Waals surface area contributed by atoms with Gasteiger partial charge in [0, 0.05) is 42.5 Å². The number of benzene rings is 2. The van der Waals surface area contributed by atoms with Crippen molar-refractivity contribution in [3.8, 4) is 11.3 Å². The van der Waals surface area contributed by atoms with Crippen LogP contribution in [0.1, 0.15) is 24.1 Å². The highest BCUT2D eigenvalue weighted by atomic mass is 79.9. The second kappa shape index (κ2) is 9.47. The molecule has 1 unspecified atom stereocenters. The van der Waals surface area contributed by atoms with Gasteiger partial charge in [-0.05, 0) is 71.2 Å². The molecule has 178 valence electrons. The molecule has 0 spiro atoms. The van der Waals surface area contributed by atoms with Gasteiger partial charge in [-0.25, -0.2) is 4.98 Å². The first-order valence-corrected chi connectivity index (χ1v) is 13.1. The van der Waals surface area contributed by atoms with Gasteiger partial charge in [0.25, 0.3) is 0 Å². The van der Waals surface area contributed by atoms with E-state index in [4.69, 9.17) is 4.98 Å². The number of rotatable bonds is 6. The monoisotopic (exact) mass is 528 g/mol. The zero-order valence-corrected chi connectivity index (χ0v) is 21.4. The predicted molar refractivity (Wildman–Crippen MR) is 146 cm³/mol. The zero-order chi connectivity index (χ0) is 23.8. The minimum absolute atomic E-state index is 0.581. The number of likely N-dealkylation sites (tertiary alicyclic amines) is 1. The Morgan fingerprint density at radius 3 is 2.86 bits per heavy atom. The van der Waals surface area contributed by atoms with Gasteiger partial charge in [0.1, 0.15) is 5.82 Å². The lowest BCUT2D eigenvalue weighted by Crippen LogP contribution is -2.37. The molecule has 35 heavy (non-hydrogen) atoms. The van der Waals surface area contributed by atoms with E-state index < -0.39 is 0 Å². The molecular weight excluding hydrogens is 500 g/mol. The summed E-state index contributed by atoms with van der Waals surface area (Å²) < 4.78 is 2.80. The van der Waals surface area contributed by atoms with Crippen LogP contribution in [0.2, 0.25) is 0 Å². The second-order valence-corrected chi connectivity index (χ2v) is 10.4. The summed E-state index contributed by atoms with van der Waals surface area (Å²) in [6.07, 6.45) is 4.27. The summed E-state index contributed by atoms with van der Waals surface area (Å²) in [7, 11) is 0. The van der Waals surface area contributed by atoms with E-state index in [-0.39, 0.29) is 0 Å². The Labute approximate surface area is 213 Å². The lowest BCUT2D eigenvalue weighted by atomic mass is 9.98. The fourth-order valence-corrected chi connectivity index (χ4v) is 5.58. The van der Waals surface area contributed by atoms with E-state index in [1.54, 1.807) is 0 Å². The van der Waals surface area contributed by atoms with E-state index in [1.807, 2.05) is 10.7 Å². The molecule has 3 aromatic heterocycles. The molecule has 1 aliphatic heterocycles. The van der Waals surface area contributed by atoms with Crippen molar-refractivity contribution in [3.05, 3.63) is 82.6 Å². The van der Waals surface area contributed by atoms with E-state index in [2.05, 4.69) is 104 Å². The van der Waals surface area contributed by atoms with Gasteiger partial charge < -0.3 is 10.3 Å². The predicted octanol–water partition coefficient (Wildman–Crippen LogP) is 6.27. The molecule has 2 aromatic carbocycles. The smallest absolute Gasteiger partial charge is 0.172 e. The number of para-hydroxylation sites is 1. The average Bonchev–Trinajstić information content (AvgIpc) is 3.46. The normalized spacial score (nSPS) is 16.8. The molecule has 0 bridgehead atoms. The molecule has 7 heteroatoms. The topological polar surface area (TPSA) is 61.2 Å². The van der Waals surface area contributed by atoms with Gasteiger partial charge in [-0.3, -0.25) is 4.90 Å². The van der Waals surface area contributed by atoms with Crippen LogP contribution in [0.15, 0.2) is 71.3 Å². The minimum Gasteiger partial charge on any atom is -0.370 e. The van der Waals surface area contributed by atoms with Crippen LogP contribution in [-0.4, -0.2) is 44.1 Å². The first-order chi connectivity index (χ1) is 17.1. The van der Waals surface area contributed by atoms with Crippen LogP contribution >= 0.6 is 15.9 Å². The number of aryl methyl sites for hydroxylation is 1. The van der Waals surface area contributed by atoms with Crippen molar-refractivity contribution in [1.82, 2.24) is 24.5 Å². The van der Waals surface area contributed by atoms with Crippen molar-refractivity contribution in [3.63, 3.8) is 0 Å². The number of nitrogens with zero attached hydrogens (tertiary/aromatic N) is 4. The molecule has 0 radical (unpaired) electrons. The first kappa shape index (κ1) is 22.3. The van der Waals surface area contributed by atoms with E-state index in [0.29, 0.717) is 5.92 Å². The summed E-state index contributed by atoms with van der Waals surface area (Å²) in [5.41, 5.74) is 6.66. The van der Waals surface area contributed by atoms with E-state index in [9.17, 15) is 0 Å². The Bertz CT molecular complexity index is 1450. The number of fused-ring (bicyclic) bond motifs is 2. The maximum Gasteiger partial charge on any atom is 0.172 e. The Morgan fingerprint density at radius 1 is 1.11 bits per heavy atom. The van der Waals surface area contributed by atoms with Gasteiger partial charge in [0.05, 0.1) is 16.4 Å². The first-order valence-electron chi connectivity index (χ1n) is 12.3. The Kier molecular flexibility index (Phi) is 6.04. The van der Waals surface area contributed by atoms with Gasteiger partial charge >= 0.3 is 0 Å². The molecule has 1 saturated heterocycles. The Balaban J connectivity index is 1.19. The minimum atomic E-state index is 0.581. The number of hydrogen-bond acceptors (Lipinski definition) is 4. The van der Waals surface area contributed by atoms with Crippen LogP contribution in [0, 0.1) is 12.8 Å². The lowest BCUT2D eigenvalue weighted by Gasteiger charge is -2.32. The highest BCUT2D eigenvalue weighted by Gasteiger charge is 2.21. The summed E-state index contributed by atoms with van der Waals surface area (Å²) in [4.78, 5) is 11.1. The molecule has 5 aromatic rings. The summed E-state index contributed by atoms with van der Waals surface area (Å²) in [6.45, 7) is 6.24. The molecule has 4 heterocycles. The van der Waals surface area contributed by atoms with Gasteiger partial charge in [-0.15, -0.1) is 0 Å². The molecule has 1 fully saturated rings. The Morgan fingerprint density at radius 2 is 1.97 bits per heavy atom. The second-order valence-electron chi connectivity index (χ2n) is 9.58. The van der Waals surface area contributed by atoms with Crippen molar-refractivity contribution in [1.29, 1.82) is 0 Å². The molecule has 0 saturated carbocycles. The molecule has 0 aliphatic carbocycles. The highest BCUT2D eigenvalue weighted by Crippen LogP contribution is 2.28. The fraction of sp³-hybridized carbons (Fsp3) is 0.286. The van der Waals surface area contributed by atoms with E-state index in [1.165, 1.54) is 35.0 Å². The lowest BCUT2D eigenvalue weighted by molar-refractivity contribution is 0.172. The summed E-state index contributed by atoms with van der Waals surface area (Å²) in [5.74, 6) is 1.56. The van der Waals surface area contributed by atoms with Crippen molar-refractivity contribution < 1.29 is 0 Å². The number of hydrogen-bond donors (Lipinski definition) is 2. The van der Waals surface area contributed by atoms with Crippen LogP contribution in [-0.2, 0) is 6.54 Å². The third-order valence-electron chi connectivity index (χ3n) is 7.00. The number of piperidine rings is 1. The number of aromatic nitrogens is 4. The molecule has 2 N–H and O–H groups in total. The van der Waals surface area contributed by atoms with Crippen LogP contribution < -0.4 is 5.32 Å². The summed E-state index contributed by atoms with van der Waals surface area (Å²) in [6, 6.07) is 21.3. The fourth-order valence-electron chi connectivity index (χ4n) is 5.23. The SMILES string of the molecule is Cc1ccccc1-c1cc(NCC2CCCN(Cc3cc4ccccc4[nH]3)C2)n2ncc(Br)c2n1. The standard InChI is InChI=1S/C28H29BrN6/c1-19-7-2-4-10-23(19)26-14-27(35-28(33-26)24(29)16-31-35)30-15-20-8-6-12-34(17-20)18-22-13-21-9-3-5-11-25(21)32-22/h2-5,7,9-11,13-14,16,20,30,32H,6,8,12,15,17-18H2,1H3. The molecule has 1 aliphatic rings. The highest BCUT2D eigenvalue weighted by molar-refractivity contribution is 9.10. The van der Waals surface area contributed by atoms with Crippen LogP contribution in [0.3, 0.4) is 0 Å². The molecule has 6 nitrogen and oxygen atoms in total. The summed E-state index contributed by atoms with van der Waals surface area (Å²) in [5, 5.41) is 9.56. The van der Waals surface area contributed by atoms with E-state index >= 15 is 0 Å². The third kappa shape index (κ3) is 4.58. The van der Waals surface area contributed by atoms with Gasteiger partial charge in [-0.1, -0.05) is 42.5 Å². The molecule has 0 amide bonds. The van der Waals surface area contributed by atoms with Crippen molar-refractivity contribution in [2.45, 2.75) is 26.3 Å².